The Bertz CT molecular complexity index is 886. The first kappa shape index (κ1) is 16.3. The van der Waals surface area contributed by atoms with Gasteiger partial charge in [0, 0.05) is 25.3 Å². The molecule has 7 nitrogen and oxygen atoms in total. The molecule has 2 aliphatic heterocycles. The standard InChI is InChI=1S/C17H18N2O5S/c20-17(16-2-1-9-24-16)19-6-5-13-12-14(3-4-15(13)19)25(21,22)18-7-10-23-11-8-18/h1-4,9,12H,5-8,10-11H2. The van der Waals surface area contributed by atoms with Crippen LogP contribution in [0.5, 0.6) is 0 Å². The second-order valence-electron chi connectivity index (χ2n) is 5.99. The molecule has 0 atom stereocenters. The number of nitrogens with zero attached hydrogens (tertiary/aromatic N) is 2. The number of fused-ring (bicyclic) bond motifs is 1. The van der Waals surface area contributed by atoms with E-state index in [4.69, 9.17) is 9.15 Å². The van der Waals surface area contributed by atoms with Crippen molar-refractivity contribution in [1.82, 2.24) is 4.31 Å². The fraction of sp³-hybridized carbons (Fsp3) is 0.353. The summed E-state index contributed by atoms with van der Waals surface area (Å²) in [5, 5.41) is 0. The number of benzene rings is 1. The van der Waals surface area contributed by atoms with Gasteiger partial charge in [-0.15, -0.1) is 0 Å². The Balaban J connectivity index is 1.62. The van der Waals surface area contributed by atoms with E-state index in [-0.39, 0.29) is 16.6 Å². The van der Waals surface area contributed by atoms with Crippen molar-refractivity contribution in [3.63, 3.8) is 0 Å². The smallest absolute Gasteiger partial charge is 0.293 e. The van der Waals surface area contributed by atoms with E-state index in [1.54, 1.807) is 35.2 Å². The third kappa shape index (κ3) is 2.86. The van der Waals surface area contributed by atoms with Gasteiger partial charge in [-0.05, 0) is 42.3 Å². The maximum Gasteiger partial charge on any atom is 0.293 e. The quantitative estimate of drug-likeness (QED) is 0.827. The molecular weight excluding hydrogens is 344 g/mol. The monoisotopic (exact) mass is 362 g/mol. The maximum atomic E-state index is 12.8. The van der Waals surface area contributed by atoms with Crippen LogP contribution in [0.2, 0.25) is 0 Å². The fourth-order valence-corrected chi connectivity index (χ4v) is 4.68. The summed E-state index contributed by atoms with van der Waals surface area (Å²) >= 11 is 0. The van der Waals surface area contributed by atoms with Crippen LogP contribution in [-0.4, -0.2) is 51.5 Å². The van der Waals surface area contributed by atoms with E-state index in [1.165, 1.54) is 10.6 Å². The highest BCUT2D eigenvalue weighted by atomic mass is 32.2. The van der Waals surface area contributed by atoms with Gasteiger partial charge >= 0.3 is 0 Å². The number of hydrogen-bond donors (Lipinski definition) is 0. The zero-order valence-corrected chi connectivity index (χ0v) is 14.4. The Kier molecular flexibility index (Phi) is 4.10. The molecule has 25 heavy (non-hydrogen) atoms. The molecule has 1 aromatic heterocycles. The van der Waals surface area contributed by atoms with E-state index in [0.717, 1.165) is 11.3 Å². The van der Waals surface area contributed by atoms with Crippen LogP contribution in [0.3, 0.4) is 0 Å². The topological polar surface area (TPSA) is 80.1 Å². The van der Waals surface area contributed by atoms with Gasteiger partial charge in [0.05, 0.1) is 24.4 Å². The minimum Gasteiger partial charge on any atom is -0.459 e. The number of carbonyl (C=O) groups excluding carboxylic acids is 1. The van der Waals surface area contributed by atoms with E-state index >= 15 is 0 Å². The second kappa shape index (κ2) is 6.29. The van der Waals surface area contributed by atoms with E-state index in [0.29, 0.717) is 39.3 Å². The van der Waals surface area contributed by atoms with Gasteiger partial charge in [-0.25, -0.2) is 8.42 Å². The molecule has 0 saturated carbocycles. The first-order valence-corrected chi connectivity index (χ1v) is 9.57. The zero-order chi connectivity index (χ0) is 17.4. The molecule has 3 heterocycles. The number of anilines is 1. The number of sulfonamides is 1. The lowest BCUT2D eigenvalue weighted by molar-refractivity contribution is 0.0730. The average molecular weight is 362 g/mol. The summed E-state index contributed by atoms with van der Waals surface area (Å²) in [5.41, 5.74) is 1.59. The molecule has 1 aromatic carbocycles. The van der Waals surface area contributed by atoms with Crippen LogP contribution in [0.1, 0.15) is 16.1 Å². The van der Waals surface area contributed by atoms with Gasteiger partial charge in [-0.2, -0.15) is 4.31 Å². The molecule has 2 aromatic rings. The molecule has 0 N–H and O–H groups in total. The summed E-state index contributed by atoms with van der Waals surface area (Å²) in [6, 6.07) is 8.24. The third-order valence-electron chi connectivity index (χ3n) is 4.53. The van der Waals surface area contributed by atoms with Crippen LogP contribution >= 0.6 is 0 Å². The zero-order valence-electron chi connectivity index (χ0n) is 13.6. The predicted molar refractivity (Wildman–Crippen MR) is 90.1 cm³/mol. The van der Waals surface area contributed by atoms with Crippen molar-refractivity contribution in [1.29, 1.82) is 0 Å². The Morgan fingerprint density at radius 1 is 1.08 bits per heavy atom. The highest BCUT2D eigenvalue weighted by molar-refractivity contribution is 7.89. The number of carbonyl (C=O) groups is 1. The van der Waals surface area contributed by atoms with Gasteiger partial charge in [-0.3, -0.25) is 4.79 Å². The summed E-state index contributed by atoms with van der Waals surface area (Å²) in [6.07, 6.45) is 2.08. The van der Waals surface area contributed by atoms with Crippen LogP contribution < -0.4 is 4.90 Å². The van der Waals surface area contributed by atoms with Crippen molar-refractivity contribution in [2.45, 2.75) is 11.3 Å². The molecule has 4 rings (SSSR count). The Hall–Kier alpha value is -2.16. The molecule has 1 saturated heterocycles. The van der Waals surface area contributed by atoms with E-state index in [9.17, 15) is 13.2 Å². The van der Waals surface area contributed by atoms with E-state index in [2.05, 4.69) is 0 Å². The Morgan fingerprint density at radius 2 is 1.88 bits per heavy atom. The molecule has 0 spiro atoms. The Labute approximate surface area is 145 Å². The van der Waals surface area contributed by atoms with Crippen molar-refractivity contribution in [3.05, 3.63) is 47.9 Å². The van der Waals surface area contributed by atoms with E-state index in [1.807, 2.05) is 0 Å². The minimum atomic E-state index is -3.53. The summed E-state index contributed by atoms with van der Waals surface area (Å²) in [4.78, 5) is 14.4. The van der Waals surface area contributed by atoms with Crippen LogP contribution in [0.15, 0.2) is 45.9 Å². The molecule has 2 aliphatic rings. The normalized spacial score (nSPS) is 18.3. The number of morpholine rings is 1. The van der Waals surface area contributed by atoms with Gasteiger partial charge in [0.2, 0.25) is 10.0 Å². The fourth-order valence-electron chi connectivity index (χ4n) is 3.22. The highest BCUT2D eigenvalue weighted by Gasteiger charge is 2.31. The summed E-state index contributed by atoms with van der Waals surface area (Å²) in [7, 11) is -3.53. The number of ether oxygens (including phenoxy) is 1. The third-order valence-corrected chi connectivity index (χ3v) is 6.43. The van der Waals surface area contributed by atoms with Crippen LogP contribution in [0.4, 0.5) is 5.69 Å². The molecule has 0 aliphatic carbocycles. The van der Waals surface area contributed by atoms with Crippen molar-refractivity contribution in [2.75, 3.05) is 37.7 Å². The average Bonchev–Trinajstić information content (AvgIpc) is 3.31. The van der Waals surface area contributed by atoms with Crippen molar-refractivity contribution in [3.8, 4) is 0 Å². The van der Waals surface area contributed by atoms with Gasteiger partial charge in [-0.1, -0.05) is 0 Å². The summed E-state index contributed by atoms with van der Waals surface area (Å²) in [5.74, 6) is 0.0606. The SMILES string of the molecule is O=C(c1ccco1)N1CCc2cc(S(=O)(=O)N3CCOCC3)ccc21. The first-order valence-electron chi connectivity index (χ1n) is 8.13. The second-order valence-corrected chi connectivity index (χ2v) is 7.93. The van der Waals surface area contributed by atoms with Gasteiger partial charge in [0.25, 0.3) is 5.91 Å². The summed E-state index contributed by atoms with van der Waals surface area (Å²) < 4.78 is 37.4. The molecule has 0 radical (unpaired) electrons. The maximum absolute atomic E-state index is 12.8. The molecule has 0 unspecified atom stereocenters. The molecule has 1 amide bonds. The number of rotatable bonds is 3. The molecule has 132 valence electrons. The van der Waals surface area contributed by atoms with Gasteiger partial charge in [0.1, 0.15) is 0 Å². The minimum absolute atomic E-state index is 0.215. The lowest BCUT2D eigenvalue weighted by atomic mass is 10.2. The largest absolute Gasteiger partial charge is 0.459 e. The van der Waals surface area contributed by atoms with Gasteiger partial charge < -0.3 is 14.1 Å². The van der Waals surface area contributed by atoms with Crippen LogP contribution in [0.25, 0.3) is 0 Å². The highest BCUT2D eigenvalue weighted by Crippen LogP contribution is 2.32. The van der Waals surface area contributed by atoms with Crippen LogP contribution in [0, 0.1) is 0 Å². The molecule has 8 heteroatoms. The number of hydrogen-bond acceptors (Lipinski definition) is 5. The summed E-state index contributed by atoms with van der Waals surface area (Å²) in [6.45, 7) is 2.06. The van der Waals surface area contributed by atoms with Crippen molar-refractivity contribution in [2.24, 2.45) is 0 Å². The molecular formula is C17H18N2O5S. The number of furan rings is 1. The van der Waals surface area contributed by atoms with Crippen molar-refractivity contribution < 1.29 is 22.4 Å². The van der Waals surface area contributed by atoms with Crippen LogP contribution in [-0.2, 0) is 21.2 Å². The molecule has 0 bridgehead atoms. The lowest BCUT2D eigenvalue weighted by Crippen LogP contribution is -2.40. The lowest BCUT2D eigenvalue weighted by Gasteiger charge is -2.26. The predicted octanol–water partition coefficient (Wildman–Crippen LogP) is 1.50. The first-order chi connectivity index (χ1) is 12.1. The number of amides is 1. The van der Waals surface area contributed by atoms with E-state index < -0.39 is 10.0 Å². The van der Waals surface area contributed by atoms with Gasteiger partial charge in [0.15, 0.2) is 5.76 Å². The molecule has 1 fully saturated rings. The van der Waals surface area contributed by atoms with Crippen molar-refractivity contribution >= 4 is 21.6 Å². The Morgan fingerprint density at radius 3 is 2.60 bits per heavy atom.